The molecule has 0 saturated heterocycles. The summed E-state index contributed by atoms with van der Waals surface area (Å²) in [5.74, 6) is 0.988. The molecule has 0 radical (unpaired) electrons. The number of ketones is 1. The van der Waals surface area contributed by atoms with Gasteiger partial charge in [-0.2, -0.15) is 0 Å². The number of nitrogens with one attached hydrogen (secondary N) is 1. The van der Waals surface area contributed by atoms with Crippen LogP contribution in [0, 0.1) is 12.8 Å². The second-order valence-corrected chi connectivity index (χ2v) is 10.9. The number of aromatic nitrogens is 4. The third-order valence-electron chi connectivity index (χ3n) is 6.93. The van der Waals surface area contributed by atoms with Crippen molar-refractivity contribution >= 4 is 45.3 Å². The smallest absolute Gasteiger partial charge is 0.204 e. The van der Waals surface area contributed by atoms with E-state index in [1.807, 2.05) is 22.7 Å². The van der Waals surface area contributed by atoms with E-state index in [-0.39, 0.29) is 11.7 Å². The van der Waals surface area contributed by atoms with Gasteiger partial charge in [-0.15, -0.1) is 21.5 Å². The normalized spacial score (nSPS) is 14.5. The van der Waals surface area contributed by atoms with Gasteiger partial charge in [0.25, 0.3) is 0 Å². The van der Waals surface area contributed by atoms with E-state index in [4.69, 9.17) is 4.98 Å². The molecule has 190 valence electrons. The van der Waals surface area contributed by atoms with E-state index in [1.165, 1.54) is 16.1 Å². The van der Waals surface area contributed by atoms with Gasteiger partial charge < -0.3 is 10.2 Å². The van der Waals surface area contributed by atoms with Crippen LogP contribution in [0.25, 0.3) is 16.7 Å². The highest BCUT2D eigenvalue weighted by Gasteiger charge is 2.21. The van der Waals surface area contributed by atoms with Gasteiger partial charge >= 0.3 is 0 Å². The van der Waals surface area contributed by atoms with Crippen molar-refractivity contribution in [1.82, 2.24) is 19.6 Å². The number of thiophene rings is 1. The quantitative estimate of drug-likeness (QED) is 0.275. The molecule has 1 aromatic carbocycles. The lowest BCUT2D eigenvalue weighted by atomic mass is 10.0. The highest BCUT2D eigenvalue weighted by Crippen LogP contribution is 2.30. The fraction of sp³-hybridized carbons (Fsp3) is 0.481. The molecule has 9 heteroatoms. The van der Waals surface area contributed by atoms with Crippen LogP contribution in [0.3, 0.4) is 0 Å². The fourth-order valence-corrected chi connectivity index (χ4v) is 5.76. The molecule has 5 rings (SSSR count). The molecule has 4 aromatic rings. The second-order valence-electron chi connectivity index (χ2n) is 9.93. The first-order chi connectivity index (χ1) is 17.4. The first-order valence-electron chi connectivity index (χ1n) is 12.8. The summed E-state index contributed by atoms with van der Waals surface area (Å²) in [7, 11) is 0. The van der Waals surface area contributed by atoms with E-state index < -0.39 is 6.17 Å². The standard InChI is InChI=1S/C27H33FN6OS/c1-17(2)25(28)23(35)7-5-4-6-12-29-26-27-32-31-18(3)34(27)22-9-8-20(15-21(22)30-26)33-13-10-24-19(16-33)11-14-36-24/h8-9,11,14-15,17,25H,4-7,10,12-13,16H2,1-3H3,(H,29,30)/t25-/m0/s1. The molecule has 0 aliphatic carbocycles. The van der Waals surface area contributed by atoms with Crippen molar-refractivity contribution in [3.8, 4) is 0 Å². The molecule has 0 spiro atoms. The van der Waals surface area contributed by atoms with Crippen molar-refractivity contribution in [2.75, 3.05) is 23.3 Å². The Morgan fingerprint density at radius 2 is 2.06 bits per heavy atom. The monoisotopic (exact) mass is 508 g/mol. The molecule has 0 unspecified atom stereocenters. The number of unbranched alkanes of at least 4 members (excludes halogenated alkanes) is 2. The highest BCUT2D eigenvalue weighted by molar-refractivity contribution is 7.10. The number of nitrogens with zero attached hydrogens (tertiary/aromatic N) is 5. The number of hydrogen-bond donors (Lipinski definition) is 1. The molecular weight excluding hydrogens is 475 g/mol. The van der Waals surface area contributed by atoms with E-state index in [9.17, 15) is 9.18 Å². The number of alkyl halides is 1. The largest absolute Gasteiger partial charge is 0.367 e. The number of aryl methyl sites for hydroxylation is 1. The summed E-state index contributed by atoms with van der Waals surface area (Å²) in [6, 6.07) is 8.66. The Bertz CT molecular complexity index is 1380. The van der Waals surface area contributed by atoms with E-state index in [0.717, 1.165) is 49.2 Å². The summed E-state index contributed by atoms with van der Waals surface area (Å²) >= 11 is 1.85. The average molecular weight is 509 g/mol. The van der Waals surface area contributed by atoms with Crippen LogP contribution in [0.4, 0.5) is 15.9 Å². The van der Waals surface area contributed by atoms with E-state index >= 15 is 0 Å². The van der Waals surface area contributed by atoms with Gasteiger partial charge in [-0.1, -0.05) is 20.3 Å². The molecule has 3 aromatic heterocycles. The Morgan fingerprint density at radius 3 is 2.89 bits per heavy atom. The van der Waals surface area contributed by atoms with Crippen molar-refractivity contribution in [1.29, 1.82) is 0 Å². The van der Waals surface area contributed by atoms with Crippen LogP contribution in [0.2, 0.25) is 0 Å². The molecule has 0 amide bonds. The number of Topliss-reactive ketones (excluding diaryl/α,β-unsaturated/α-hetero) is 1. The predicted molar refractivity (Wildman–Crippen MR) is 144 cm³/mol. The number of rotatable bonds is 10. The Hall–Kier alpha value is -3.07. The van der Waals surface area contributed by atoms with Gasteiger partial charge in [0.05, 0.1) is 11.0 Å². The van der Waals surface area contributed by atoms with Crippen LogP contribution in [0.15, 0.2) is 29.6 Å². The number of carbonyl (C=O) groups excluding carboxylic acids is 1. The van der Waals surface area contributed by atoms with Crippen molar-refractivity contribution < 1.29 is 9.18 Å². The lowest BCUT2D eigenvalue weighted by Gasteiger charge is -2.29. The zero-order chi connectivity index (χ0) is 25.2. The van der Waals surface area contributed by atoms with Crippen LogP contribution in [0.1, 0.15) is 55.8 Å². The van der Waals surface area contributed by atoms with Gasteiger partial charge in [-0.25, -0.2) is 9.37 Å². The van der Waals surface area contributed by atoms with Gasteiger partial charge in [-0.05, 0) is 67.3 Å². The van der Waals surface area contributed by atoms with Crippen LogP contribution >= 0.6 is 11.3 Å². The summed E-state index contributed by atoms with van der Waals surface area (Å²) in [5, 5.41) is 14.3. The van der Waals surface area contributed by atoms with Gasteiger partial charge in [0.2, 0.25) is 5.65 Å². The van der Waals surface area contributed by atoms with Crippen LogP contribution in [0.5, 0.6) is 0 Å². The summed E-state index contributed by atoms with van der Waals surface area (Å²) in [4.78, 5) is 20.7. The maximum absolute atomic E-state index is 13.8. The number of halogens is 1. The van der Waals surface area contributed by atoms with Crippen LogP contribution in [-0.4, -0.2) is 44.6 Å². The van der Waals surface area contributed by atoms with Crippen molar-refractivity contribution in [3.63, 3.8) is 0 Å². The Kier molecular flexibility index (Phi) is 7.18. The van der Waals surface area contributed by atoms with E-state index in [1.54, 1.807) is 13.8 Å². The minimum absolute atomic E-state index is 0.254. The zero-order valence-corrected chi connectivity index (χ0v) is 21.9. The second kappa shape index (κ2) is 10.5. The zero-order valence-electron chi connectivity index (χ0n) is 21.1. The number of benzene rings is 1. The maximum Gasteiger partial charge on any atom is 0.204 e. The predicted octanol–water partition coefficient (Wildman–Crippen LogP) is 5.75. The topological polar surface area (TPSA) is 75.4 Å². The minimum Gasteiger partial charge on any atom is -0.367 e. The molecule has 4 heterocycles. The van der Waals surface area contributed by atoms with Crippen LogP contribution in [-0.2, 0) is 17.8 Å². The SMILES string of the molecule is Cc1nnc2c(NCCCCCC(=O)[C@@H](F)C(C)C)nc3cc(N4CCc5sccc5C4)ccc3n12. The molecule has 1 aliphatic heterocycles. The van der Waals surface area contributed by atoms with Gasteiger partial charge in [0.1, 0.15) is 5.82 Å². The summed E-state index contributed by atoms with van der Waals surface area (Å²) in [5.41, 5.74) is 5.18. The average Bonchev–Trinajstić information content (AvgIpc) is 3.51. The summed E-state index contributed by atoms with van der Waals surface area (Å²) < 4.78 is 15.9. The Labute approximate surface area is 214 Å². The van der Waals surface area contributed by atoms with Gasteiger partial charge in [-0.3, -0.25) is 9.20 Å². The molecule has 7 nitrogen and oxygen atoms in total. The summed E-state index contributed by atoms with van der Waals surface area (Å²) in [6.45, 7) is 8.05. The molecule has 1 atom stereocenters. The molecular formula is C27H33FN6OS. The molecule has 36 heavy (non-hydrogen) atoms. The van der Waals surface area contributed by atoms with Crippen molar-refractivity contribution in [2.24, 2.45) is 5.92 Å². The Morgan fingerprint density at radius 1 is 1.19 bits per heavy atom. The number of hydrogen-bond acceptors (Lipinski definition) is 7. The number of carbonyl (C=O) groups is 1. The summed E-state index contributed by atoms with van der Waals surface area (Å²) in [6.07, 6.45) is 2.43. The van der Waals surface area contributed by atoms with E-state index in [0.29, 0.717) is 30.9 Å². The van der Waals surface area contributed by atoms with Gasteiger partial charge in [0, 0.05) is 36.6 Å². The lowest BCUT2D eigenvalue weighted by molar-refractivity contribution is -0.125. The third kappa shape index (κ3) is 4.93. The molecule has 0 saturated carbocycles. The van der Waals surface area contributed by atoms with Crippen molar-refractivity contribution in [2.45, 2.75) is 65.6 Å². The molecule has 0 fully saturated rings. The number of anilines is 2. The fourth-order valence-electron chi connectivity index (χ4n) is 4.87. The maximum atomic E-state index is 13.8. The first-order valence-corrected chi connectivity index (χ1v) is 13.7. The minimum atomic E-state index is -1.35. The molecule has 1 N–H and O–H groups in total. The molecule has 1 aliphatic rings. The number of fused-ring (bicyclic) bond motifs is 4. The van der Waals surface area contributed by atoms with Crippen molar-refractivity contribution in [3.05, 3.63) is 45.9 Å². The van der Waals surface area contributed by atoms with E-state index in [2.05, 4.69) is 50.1 Å². The molecule has 0 bridgehead atoms. The van der Waals surface area contributed by atoms with Crippen LogP contribution < -0.4 is 10.2 Å². The highest BCUT2D eigenvalue weighted by atomic mass is 32.1. The third-order valence-corrected chi connectivity index (χ3v) is 7.95. The van der Waals surface area contributed by atoms with Gasteiger partial charge in [0.15, 0.2) is 17.8 Å². The first kappa shape index (κ1) is 24.6. The Balaban J connectivity index is 1.28. The lowest BCUT2D eigenvalue weighted by Crippen LogP contribution is -2.29.